The normalized spacial score (nSPS) is 10.3. The molecule has 1 aromatic heterocycles. The maximum atomic E-state index is 8.81. The number of aromatic nitrogens is 2. The second-order valence-electron chi connectivity index (χ2n) is 4.46. The lowest BCUT2D eigenvalue weighted by atomic mass is 10.1. The fourth-order valence-corrected chi connectivity index (χ4v) is 2.94. The minimum absolute atomic E-state index is 0.120. The fraction of sp³-hybridized carbons (Fsp3) is 0.118. The van der Waals surface area contributed by atoms with Crippen molar-refractivity contribution in [2.24, 2.45) is 0 Å². The van der Waals surface area contributed by atoms with Gasteiger partial charge in [-0.15, -0.1) is 0 Å². The van der Waals surface area contributed by atoms with Crippen LogP contribution in [0.3, 0.4) is 0 Å². The maximum Gasteiger partial charge on any atom is 0.166 e. The molecular formula is C17H14N2OS. The third kappa shape index (κ3) is 3.27. The fourth-order valence-electron chi connectivity index (χ4n) is 2.05. The van der Waals surface area contributed by atoms with Gasteiger partial charge in [0.15, 0.2) is 5.16 Å². The van der Waals surface area contributed by atoms with Gasteiger partial charge in [-0.1, -0.05) is 53.9 Å². The van der Waals surface area contributed by atoms with Crippen molar-refractivity contribution < 1.29 is 5.11 Å². The Labute approximate surface area is 127 Å². The Morgan fingerprint density at radius 1 is 1.10 bits per heavy atom. The number of aromatic amines is 1. The summed E-state index contributed by atoms with van der Waals surface area (Å²) in [7, 11) is 0. The number of nitrogens with zero attached hydrogens (tertiary/aromatic N) is 1. The quantitative estimate of drug-likeness (QED) is 0.576. The third-order valence-electron chi connectivity index (χ3n) is 3.05. The zero-order valence-electron chi connectivity index (χ0n) is 11.3. The molecule has 2 aromatic carbocycles. The van der Waals surface area contributed by atoms with Gasteiger partial charge < -0.3 is 10.1 Å². The number of H-pyrrole nitrogens is 1. The topological polar surface area (TPSA) is 48.9 Å². The Morgan fingerprint density at radius 2 is 1.90 bits per heavy atom. The van der Waals surface area contributed by atoms with Crippen molar-refractivity contribution in [2.75, 3.05) is 6.61 Å². The molecule has 0 fully saturated rings. The largest absolute Gasteiger partial charge is 0.384 e. The van der Waals surface area contributed by atoms with Gasteiger partial charge in [-0.2, -0.15) is 0 Å². The first-order valence-corrected chi connectivity index (χ1v) is 7.60. The van der Waals surface area contributed by atoms with E-state index in [0.29, 0.717) is 0 Å². The Morgan fingerprint density at radius 3 is 2.76 bits per heavy atom. The summed E-state index contributed by atoms with van der Waals surface area (Å²) in [6.45, 7) is -0.120. The van der Waals surface area contributed by atoms with Gasteiger partial charge in [0.05, 0.1) is 11.0 Å². The van der Waals surface area contributed by atoms with E-state index < -0.39 is 0 Å². The number of para-hydroxylation sites is 2. The number of thioether (sulfide) groups is 1. The molecule has 4 heteroatoms. The van der Waals surface area contributed by atoms with Gasteiger partial charge in [0.2, 0.25) is 0 Å². The summed E-state index contributed by atoms with van der Waals surface area (Å²) < 4.78 is 0. The van der Waals surface area contributed by atoms with Crippen molar-refractivity contribution >= 4 is 22.8 Å². The number of fused-ring (bicyclic) bond motifs is 1. The molecule has 21 heavy (non-hydrogen) atoms. The second kappa shape index (κ2) is 6.49. The SMILES string of the molecule is OCC#Cc1ccccc1CSc1nc2ccccc2[nH]1. The predicted octanol–water partition coefficient (Wildman–Crippen LogP) is 3.20. The Bertz CT molecular complexity index is 781. The standard InChI is InChI=1S/C17H14N2OS/c20-11-5-8-13-6-1-2-7-14(13)12-21-17-18-15-9-3-4-10-16(15)19-17/h1-4,6-7,9-10,20H,11-12H2,(H,18,19). The number of benzene rings is 2. The zero-order chi connectivity index (χ0) is 14.5. The van der Waals surface area contributed by atoms with Crippen LogP contribution in [0.25, 0.3) is 11.0 Å². The van der Waals surface area contributed by atoms with Gasteiger partial charge in [-0.25, -0.2) is 4.98 Å². The van der Waals surface area contributed by atoms with Crippen LogP contribution in [0.2, 0.25) is 0 Å². The van der Waals surface area contributed by atoms with Crippen LogP contribution in [0.1, 0.15) is 11.1 Å². The average molecular weight is 294 g/mol. The zero-order valence-corrected chi connectivity index (χ0v) is 12.2. The third-order valence-corrected chi connectivity index (χ3v) is 3.97. The molecule has 0 radical (unpaired) electrons. The van der Waals surface area contributed by atoms with Crippen LogP contribution in [0.15, 0.2) is 53.7 Å². The first-order valence-electron chi connectivity index (χ1n) is 6.62. The molecule has 0 saturated carbocycles. The van der Waals surface area contributed by atoms with Crippen LogP contribution in [-0.2, 0) is 5.75 Å². The summed E-state index contributed by atoms with van der Waals surface area (Å²) in [4.78, 5) is 7.86. The molecule has 0 saturated heterocycles. The Hall–Kier alpha value is -2.22. The molecule has 104 valence electrons. The van der Waals surface area contributed by atoms with Crippen molar-refractivity contribution in [1.82, 2.24) is 9.97 Å². The number of hydrogen-bond acceptors (Lipinski definition) is 3. The minimum atomic E-state index is -0.120. The first-order chi connectivity index (χ1) is 10.4. The van der Waals surface area contributed by atoms with Gasteiger partial charge >= 0.3 is 0 Å². The van der Waals surface area contributed by atoms with E-state index >= 15 is 0 Å². The van der Waals surface area contributed by atoms with Crippen LogP contribution in [0, 0.1) is 11.8 Å². The second-order valence-corrected chi connectivity index (χ2v) is 5.43. The lowest BCUT2D eigenvalue weighted by Gasteiger charge is -2.02. The van der Waals surface area contributed by atoms with E-state index in [1.807, 2.05) is 42.5 Å². The molecule has 0 bridgehead atoms. The molecule has 1 heterocycles. The predicted molar refractivity (Wildman–Crippen MR) is 86.1 cm³/mol. The van der Waals surface area contributed by atoms with Crippen LogP contribution in [-0.4, -0.2) is 21.7 Å². The molecule has 3 nitrogen and oxygen atoms in total. The molecule has 3 aromatic rings. The summed E-state index contributed by atoms with van der Waals surface area (Å²) in [5, 5.41) is 9.72. The molecule has 3 rings (SSSR count). The monoisotopic (exact) mass is 294 g/mol. The summed E-state index contributed by atoms with van der Waals surface area (Å²) in [6, 6.07) is 16.0. The molecule has 0 atom stereocenters. The van der Waals surface area contributed by atoms with E-state index in [4.69, 9.17) is 5.11 Å². The van der Waals surface area contributed by atoms with E-state index in [9.17, 15) is 0 Å². The van der Waals surface area contributed by atoms with E-state index in [0.717, 1.165) is 33.1 Å². The van der Waals surface area contributed by atoms with Gasteiger partial charge in [-0.3, -0.25) is 0 Å². The molecule has 0 aliphatic rings. The van der Waals surface area contributed by atoms with Crippen LogP contribution < -0.4 is 0 Å². The summed E-state index contributed by atoms with van der Waals surface area (Å²) >= 11 is 1.65. The van der Waals surface area contributed by atoms with Crippen LogP contribution in [0.4, 0.5) is 0 Å². The van der Waals surface area contributed by atoms with E-state index in [-0.39, 0.29) is 6.61 Å². The van der Waals surface area contributed by atoms with Crippen molar-refractivity contribution in [2.45, 2.75) is 10.9 Å². The van der Waals surface area contributed by atoms with Gasteiger partial charge in [-0.05, 0) is 23.8 Å². The van der Waals surface area contributed by atoms with Crippen molar-refractivity contribution in [3.63, 3.8) is 0 Å². The van der Waals surface area contributed by atoms with Gasteiger partial charge in [0.1, 0.15) is 6.61 Å². The van der Waals surface area contributed by atoms with Crippen LogP contribution >= 0.6 is 11.8 Å². The number of aliphatic hydroxyl groups is 1. The number of rotatable bonds is 3. The molecule has 0 amide bonds. The number of aliphatic hydroxyl groups excluding tert-OH is 1. The van der Waals surface area contributed by atoms with E-state index in [2.05, 4.69) is 27.9 Å². The minimum Gasteiger partial charge on any atom is -0.384 e. The first kappa shape index (κ1) is 13.7. The lowest BCUT2D eigenvalue weighted by molar-refractivity contribution is 0.350. The highest BCUT2D eigenvalue weighted by atomic mass is 32.2. The average Bonchev–Trinajstić information content (AvgIpc) is 2.94. The van der Waals surface area contributed by atoms with E-state index in [1.165, 1.54) is 0 Å². The molecule has 2 N–H and O–H groups in total. The van der Waals surface area contributed by atoms with E-state index in [1.54, 1.807) is 11.8 Å². The maximum absolute atomic E-state index is 8.81. The highest BCUT2D eigenvalue weighted by Crippen LogP contribution is 2.24. The molecule has 0 aliphatic heterocycles. The molecular weight excluding hydrogens is 280 g/mol. The highest BCUT2D eigenvalue weighted by Gasteiger charge is 2.05. The highest BCUT2D eigenvalue weighted by molar-refractivity contribution is 7.98. The Balaban J connectivity index is 1.78. The lowest BCUT2D eigenvalue weighted by Crippen LogP contribution is -1.88. The number of hydrogen-bond donors (Lipinski definition) is 2. The summed E-state index contributed by atoms with van der Waals surface area (Å²) in [6.07, 6.45) is 0. The summed E-state index contributed by atoms with van der Waals surface area (Å²) in [5.41, 5.74) is 4.13. The number of imidazole rings is 1. The van der Waals surface area contributed by atoms with Crippen LogP contribution in [0.5, 0.6) is 0 Å². The van der Waals surface area contributed by atoms with Gasteiger partial charge in [0, 0.05) is 11.3 Å². The van der Waals surface area contributed by atoms with Crippen molar-refractivity contribution in [3.8, 4) is 11.8 Å². The van der Waals surface area contributed by atoms with Gasteiger partial charge in [0.25, 0.3) is 0 Å². The Kier molecular flexibility index (Phi) is 4.25. The van der Waals surface area contributed by atoms with Crippen molar-refractivity contribution in [3.05, 3.63) is 59.7 Å². The number of nitrogens with one attached hydrogen (secondary N) is 1. The smallest absolute Gasteiger partial charge is 0.166 e. The molecule has 0 spiro atoms. The van der Waals surface area contributed by atoms with Crippen molar-refractivity contribution in [1.29, 1.82) is 0 Å². The summed E-state index contributed by atoms with van der Waals surface area (Å²) in [5.74, 6) is 6.47. The molecule has 0 aliphatic carbocycles. The molecule has 0 unspecified atom stereocenters.